The first-order valence-electron chi connectivity index (χ1n) is 4.75. The SMILES string of the molecule is Cc1cc(F)ccc1-c1cnc(N)c(Br)c1. The maximum Gasteiger partial charge on any atom is 0.137 e. The zero-order valence-corrected chi connectivity index (χ0v) is 10.3. The summed E-state index contributed by atoms with van der Waals surface area (Å²) in [4.78, 5) is 4.06. The molecule has 0 saturated carbocycles. The fraction of sp³-hybridized carbons (Fsp3) is 0.0833. The van der Waals surface area contributed by atoms with Gasteiger partial charge in [-0.15, -0.1) is 0 Å². The Labute approximate surface area is 101 Å². The second-order valence-corrected chi connectivity index (χ2v) is 4.40. The van der Waals surface area contributed by atoms with Crippen molar-refractivity contribution >= 4 is 21.7 Å². The minimum Gasteiger partial charge on any atom is -0.383 e. The number of aryl methyl sites for hydroxylation is 1. The van der Waals surface area contributed by atoms with Gasteiger partial charge in [0, 0.05) is 11.8 Å². The second kappa shape index (κ2) is 4.22. The Morgan fingerprint density at radius 3 is 2.69 bits per heavy atom. The van der Waals surface area contributed by atoms with E-state index in [1.54, 1.807) is 12.3 Å². The number of hydrogen-bond acceptors (Lipinski definition) is 2. The lowest BCUT2D eigenvalue weighted by Crippen LogP contribution is -1.92. The normalized spacial score (nSPS) is 10.4. The van der Waals surface area contributed by atoms with Crippen molar-refractivity contribution in [2.24, 2.45) is 0 Å². The van der Waals surface area contributed by atoms with Crippen molar-refractivity contribution in [3.8, 4) is 11.1 Å². The molecule has 0 aliphatic heterocycles. The maximum atomic E-state index is 13.0. The number of benzene rings is 1. The van der Waals surface area contributed by atoms with E-state index in [2.05, 4.69) is 20.9 Å². The van der Waals surface area contributed by atoms with Gasteiger partial charge in [-0.25, -0.2) is 9.37 Å². The zero-order chi connectivity index (χ0) is 11.7. The van der Waals surface area contributed by atoms with E-state index in [9.17, 15) is 4.39 Å². The van der Waals surface area contributed by atoms with Crippen molar-refractivity contribution in [2.75, 3.05) is 5.73 Å². The molecule has 1 aromatic heterocycles. The van der Waals surface area contributed by atoms with Gasteiger partial charge in [-0.05, 0) is 52.2 Å². The molecule has 0 atom stereocenters. The summed E-state index contributed by atoms with van der Waals surface area (Å²) >= 11 is 3.32. The molecule has 0 saturated heterocycles. The predicted molar refractivity (Wildman–Crippen MR) is 66.5 cm³/mol. The molecule has 0 aliphatic rings. The summed E-state index contributed by atoms with van der Waals surface area (Å²) < 4.78 is 13.7. The number of nitrogens with two attached hydrogens (primary N) is 1. The molecule has 0 fully saturated rings. The summed E-state index contributed by atoms with van der Waals surface area (Å²) in [5.74, 6) is 0.215. The molecular weight excluding hydrogens is 271 g/mol. The quantitative estimate of drug-likeness (QED) is 0.868. The van der Waals surface area contributed by atoms with E-state index in [4.69, 9.17) is 5.73 Å². The number of rotatable bonds is 1. The molecule has 2 aromatic rings. The molecule has 0 amide bonds. The fourth-order valence-corrected chi connectivity index (χ4v) is 1.90. The van der Waals surface area contributed by atoms with Crippen LogP contribution in [0.3, 0.4) is 0 Å². The summed E-state index contributed by atoms with van der Waals surface area (Å²) in [5, 5.41) is 0. The van der Waals surface area contributed by atoms with Crippen LogP contribution in [0.15, 0.2) is 34.9 Å². The van der Waals surface area contributed by atoms with Crippen LogP contribution in [0.25, 0.3) is 11.1 Å². The van der Waals surface area contributed by atoms with Crippen LogP contribution in [0.1, 0.15) is 5.56 Å². The number of nitrogens with zero attached hydrogens (tertiary/aromatic N) is 1. The summed E-state index contributed by atoms with van der Waals surface area (Å²) in [7, 11) is 0. The molecule has 2 nitrogen and oxygen atoms in total. The first-order chi connectivity index (χ1) is 7.58. The monoisotopic (exact) mass is 280 g/mol. The Morgan fingerprint density at radius 1 is 1.31 bits per heavy atom. The highest BCUT2D eigenvalue weighted by Crippen LogP contribution is 2.27. The highest BCUT2D eigenvalue weighted by atomic mass is 79.9. The van der Waals surface area contributed by atoms with Gasteiger partial charge in [0.2, 0.25) is 0 Å². The van der Waals surface area contributed by atoms with Gasteiger partial charge in [-0.2, -0.15) is 0 Å². The van der Waals surface area contributed by atoms with Crippen LogP contribution in [0, 0.1) is 12.7 Å². The minimum atomic E-state index is -0.233. The molecule has 0 unspecified atom stereocenters. The third-order valence-corrected chi connectivity index (χ3v) is 3.00. The van der Waals surface area contributed by atoms with E-state index in [0.717, 1.165) is 21.2 Å². The molecule has 0 aliphatic carbocycles. The number of halogens is 2. The van der Waals surface area contributed by atoms with Crippen LogP contribution in [-0.4, -0.2) is 4.98 Å². The van der Waals surface area contributed by atoms with Crippen molar-refractivity contribution in [3.05, 3.63) is 46.3 Å². The van der Waals surface area contributed by atoms with Gasteiger partial charge in [-0.3, -0.25) is 0 Å². The highest BCUT2D eigenvalue weighted by molar-refractivity contribution is 9.10. The van der Waals surface area contributed by atoms with Crippen molar-refractivity contribution in [1.29, 1.82) is 0 Å². The summed E-state index contributed by atoms with van der Waals surface area (Å²) in [6.07, 6.45) is 1.68. The van der Waals surface area contributed by atoms with Gasteiger partial charge in [-0.1, -0.05) is 6.07 Å². The Bertz CT molecular complexity index is 541. The van der Waals surface area contributed by atoms with E-state index in [1.807, 2.05) is 13.0 Å². The molecule has 16 heavy (non-hydrogen) atoms. The summed E-state index contributed by atoms with van der Waals surface area (Å²) in [5.41, 5.74) is 8.35. The third kappa shape index (κ3) is 2.07. The molecule has 82 valence electrons. The van der Waals surface area contributed by atoms with Crippen LogP contribution in [0.5, 0.6) is 0 Å². The van der Waals surface area contributed by atoms with E-state index in [0.29, 0.717) is 5.82 Å². The van der Waals surface area contributed by atoms with Crippen LogP contribution < -0.4 is 5.73 Å². The standard InChI is InChI=1S/C12H10BrFN2/c1-7-4-9(14)2-3-10(7)8-5-11(13)12(15)16-6-8/h2-6H,1H3,(H2,15,16). The predicted octanol–water partition coefficient (Wildman–Crippen LogP) is 3.54. The molecule has 0 radical (unpaired) electrons. The Hall–Kier alpha value is -1.42. The van der Waals surface area contributed by atoms with Gasteiger partial charge in [0.05, 0.1) is 4.47 Å². The van der Waals surface area contributed by atoms with Crippen molar-refractivity contribution in [3.63, 3.8) is 0 Å². The van der Waals surface area contributed by atoms with Crippen LogP contribution in [-0.2, 0) is 0 Å². The molecule has 2 rings (SSSR count). The Balaban J connectivity index is 2.54. The Kier molecular flexibility index (Phi) is 2.92. The second-order valence-electron chi connectivity index (χ2n) is 3.55. The fourth-order valence-electron chi connectivity index (χ4n) is 1.55. The van der Waals surface area contributed by atoms with E-state index >= 15 is 0 Å². The minimum absolute atomic E-state index is 0.233. The lowest BCUT2D eigenvalue weighted by molar-refractivity contribution is 0.627. The first-order valence-corrected chi connectivity index (χ1v) is 5.55. The molecular formula is C12H10BrFN2. The zero-order valence-electron chi connectivity index (χ0n) is 8.67. The van der Waals surface area contributed by atoms with Gasteiger partial charge in [0.15, 0.2) is 0 Å². The number of anilines is 1. The number of nitrogen functional groups attached to an aromatic ring is 1. The van der Waals surface area contributed by atoms with Gasteiger partial charge in [0.1, 0.15) is 11.6 Å². The number of hydrogen-bond donors (Lipinski definition) is 1. The largest absolute Gasteiger partial charge is 0.383 e. The molecule has 1 aromatic carbocycles. The van der Waals surface area contributed by atoms with Crippen LogP contribution in [0.4, 0.5) is 10.2 Å². The average Bonchev–Trinajstić information content (AvgIpc) is 2.22. The van der Waals surface area contributed by atoms with E-state index in [1.165, 1.54) is 12.1 Å². The van der Waals surface area contributed by atoms with Crippen LogP contribution >= 0.6 is 15.9 Å². The topological polar surface area (TPSA) is 38.9 Å². The van der Waals surface area contributed by atoms with E-state index in [-0.39, 0.29) is 5.82 Å². The van der Waals surface area contributed by atoms with Gasteiger partial charge < -0.3 is 5.73 Å². The maximum absolute atomic E-state index is 13.0. The van der Waals surface area contributed by atoms with Gasteiger partial charge >= 0.3 is 0 Å². The van der Waals surface area contributed by atoms with Crippen molar-refractivity contribution in [1.82, 2.24) is 4.98 Å². The third-order valence-electron chi connectivity index (χ3n) is 2.37. The van der Waals surface area contributed by atoms with Crippen LogP contribution in [0.2, 0.25) is 0 Å². The van der Waals surface area contributed by atoms with Crippen molar-refractivity contribution < 1.29 is 4.39 Å². The first kappa shape index (κ1) is 11.1. The molecule has 0 bridgehead atoms. The number of aromatic nitrogens is 1. The molecule has 4 heteroatoms. The Morgan fingerprint density at radius 2 is 2.06 bits per heavy atom. The number of pyridine rings is 1. The van der Waals surface area contributed by atoms with Crippen molar-refractivity contribution in [2.45, 2.75) is 6.92 Å². The summed E-state index contributed by atoms with van der Waals surface area (Å²) in [6, 6.07) is 6.55. The highest BCUT2D eigenvalue weighted by Gasteiger charge is 2.05. The molecule has 0 spiro atoms. The molecule has 1 heterocycles. The molecule has 2 N–H and O–H groups in total. The average molecular weight is 281 g/mol. The van der Waals surface area contributed by atoms with E-state index < -0.39 is 0 Å². The lowest BCUT2D eigenvalue weighted by atomic mass is 10.0. The van der Waals surface area contributed by atoms with Gasteiger partial charge in [0.25, 0.3) is 0 Å². The summed E-state index contributed by atoms with van der Waals surface area (Å²) in [6.45, 7) is 1.86. The lowest BCUT2D eigenvalue weighted by Gasteiger charge is -2.07. The smallest absolute Gasteiger partial charge is 0.137 e.